The second-order valence-electron chi connectivity index (χ2n) is 5.96. The van der Waals surface area contributed by atoms with E-state index in [1.807, 2.05) is 30.3 Å². The minimum Gasteiger partial charge on any atom is -0.347 e. The number of hydrogen-bond donors (Lipinski definition) is 2. The average Bonchev–Trinajstić information content (AvgIpc) is 3.24. The van der Waals surface area contributed by atoms with Crippen molar-refractivity contribution < 1.29 is 4.79 Å². The number of fused-ring (bicyclic) bond motifs is 2. The third kappa shape index (κ3) is 2.49. The van der Waals surface area contributed by atoms with E-state index in [2.05, 4.69) is 22.8 Å². The molecule has 1 saturated heterocycles. The Morgan fingerprint density at radius 2 is 2.00 bits per heavy atom. The number of amides is 1. The molecule has 0 radical (unpaired) electrons. The number of carbonyl (C=O) groups is 1. The second-order valence-corrected chi connectivity index (χ2v) is 7.05. The van der Waals surface area contributed by atoms with Crippen LogP contribution in [0.5, 0.6) is 0 Å². The monoisotopic (exact) mass is 298 g/mol. The minimum absolute atomic E-state index is 0.0709. The fourth-order valence-corrected chi connectivity index (χ4v) is 4.38. The van der Waals surface area contributed by atoms with Gasteiger partial charge in [-0.15, -0.1) is 11.3 Å². The van der Waals surface area contributed by atoms with Gasteiger partial charge in [0.05, 0.1) is 4.88 Å². The van der Waals surface area contributed by atoms with E-state index in [1.165, 1.54) is 12.0 Å². The largest absolute Gasteiger partial charge is 0.347 e. The molecule has 4 heteroatoms. The van der Waals surface area contributed by atoms with Crippen molar-refractivity contribution in [1.82, 2.24) is 10.6 Å². The maximum absolute atomic E-state index is 12.4. The maximum Gasteiger partial charge on any atom is 0.261 e. The molecule has 21 heavy (non-hydrogen) atoms. The summed E-state index contributed by atoms with van der Waals surface area (Å²) in [5.74, 6) is 0.824. The predicted molar refractivity (Wildman–Crippen MR) is 85.5 cm³/mol. The van der Waals surface area contributed by atoms with Gasteiger partial charge in [-0.25, -0.2) is 0 Å². The Bertz CT molecular complexity index is 652. The van der Waals surface area contributed by atoms with Crippen molar-refractivity contribution in [3.05, 3.63) is 47.3 Å². The highest BCUT2D eigenvalue weighted by Crippen LogP contribution is 2.32. The molecule has 1 aliphatic carbocycles. The number of thiophene rings is 1. The average molecular weight is 298 g/mol. The van der Waals surface area contributed by atoms with Gasteiger partial charge >= 0.3 is 0 Å². The fraction of sp³-hybridized carbons (Fsp3) is 0.353. The first-order valence-corrected chi connectivity index (χ1v) is 8.31. The highest BCUT2D eigenvalue weighted by Gasteiger charge is 2.40. The van der Waals surface area contributed by atoms with Crippen LogP contribution in [0.1, 0.15) is 22.5 Å². The zero-order valence-electron chi connectivity index (χ0n) is 11.7. The van der Waals surface area contributed by atoms with E-state index in [4.69, 9.17) is 0 Å². The van der Waals surface area contributed by atoms with Gasteiger partial charge in [0.15, 0.2) is 0 Å². The van der Waals surface area contributed by atoms with Crippen LogP contribution in [0.2, 0.25) is 0 Å². The third-order valence-electron chi connectivity index (χ3n) is 4.53. The molecule has 2 bridgehead atoms. The molecule has 4 rings (SSSR count). The van der Waals surface area contributed by atoms with Crippen molar-refractivity contribution in [2.24, 2.45) is 5.92 Å². The van der Waals surface area contributed by atoms with E-state index in [9.17, 15) is 4.79 Å². The molecule has 2 heterocycles. The number of hydrogen-bond acceptors (Lipinski definition) is 3. The van der Waals surface area contributed by atoms with Gasteiger partial charge in [0.2, 0.25) is 0 Å². The van der Waals surface area contributed by atoms with Gasteiger partial charge in [0.25, 0.3) is 5.91 Å². The molecule has 108 valence electrons. The van der Waals surface area contributed by atoms with Crippen molar-refractivity contribution >= 4 is 17.2 Å². The number of benzene rings is 1. The van der Waals surface area contributed by atoms with Crippen LogP contribution in [-0.4, -0.2) is 24.5 Å². The standard InChI is InChI=1S/C17H18N2OS/c20-17(19-14-9-11-8-13(14)18-10-11)16-7-6-15(21-16)12-4-2-1-3-5-12/h1-7,11,13-14,18H,8-10H2,(H,19,20). The van der Waals surface area contributed by atoms with E-state index in [0.29, 0.717) is 12.1 Å². The molecule has 2 fully saturated rings. The molecule has 3 nitrogen and oxygen atoms in total. The highest BCUT2D eigenvalue weighted by molar-refractivity contribution is 7.17. The lowest BCUT2D eigenvalue weighted by Crippen LogP contribution is -2.47. The van der Waals surface area contributed by atoms with Crippen LogP contribution in [0.15, 0.2) is 42.5 Å². The van der Waals surface area contributed by atoms with E-state index in [-0.39, 0.29) is 5.91 Å². The van der Waals surface area contributed by atoms with Crippen molar-refractivity contribution in [3.63, 3.8) is 0 Å². The quantitative estimate of drug-likeness (QED) is 0.915. The highest BCUT2D eigenvalue weighted by atomic mass is 32.1. The zero-order valence-corrected chi connectivity index (χ0v) is 12.5. The van der Waals surface area contributed by atoms with Gasteiger partial charge < -0.3 is 10.6 Å². The van der Waals surface area contributed by atoms with Gasteiger partial charge in [-0.2, -0.15) is 0 Å². The first kappa shape index (κ1) is 13.0. The lowest BCUT2D eigenvalue weighted by atomic mass is 10.1. The van der Waals surface area contributed by atoms with Crippen molar-refractivity contribution in [2.75, 3.05) is 6.54 Å². The number of carbonyl (C=O) groups excluding carboxylic acids is 1. The summed E-state index contributed by atoms with van der Waals surface area (Å²) in [5, 5.41) is 6.68. The molecule has 1 aromatic heterocycles. The number of nitrogens with one attached hydrogen (secondary N) is 2. The topological polar surface area (TPSA) is 41.1 Å². The first-order chi connectivity index (χ1) is 10.3. The zero-order chi connectivity index (χ0) is 14.2. The molecule has 2 aromatic rings. The Labute approximate surface area is 128 Å². The van der Waals surface area contributed by atoms with Crippen molar-refractivity contribution in [3.8, 4) is 10.4 Å². The number of rotatable bonds is 3. The molecule has 2 aliphatic rings. The Morgan fingerprint density at radius 3 is 2.71 bits per heavy atom. The van der Waals surface area contributed by atoms with E-state index >= 15 is 0 Å². The van der Waals surface area contributed by atoms with Gasteiger partial charge in [-0.1, -0.05) is 30.3 Å². The fourth-order valence-electron chi connectivity index (χ4n) is 3.47. The summed E-state index contributed by atoms with van der Waals surface area (Å²) in [7, 11) is 0. The Kier molecular flexibility index (Phi) is 3.28. The smallest absolute Gasteiger partial charge is 0.261 e. The van der Waals surface area contributed by atoms with Crippen LogP contribution in [0.3, 0.4) is 0 Å². The normalized spacial score (nSPS) is 27.0. The molecule has 3 unspecified atom stereocenters. The summed E-state index contributed by atoms with van der Waals surface area (Å²) in [6.07, 6.45) is 2.34. The second kappa shape index (κ2) is 5.28. The van der Waals surface area contributed by atoms with E-state index in [1.54, 1.807) is 11.3 Å². The molecule has 1 aliphatic heterocycles. The van der Waals surface area contributed by atoms with Gasteiger partial charge in [-0.05, 0) is 43.0 Å². The molecular formula is C17H18N2OS. The maximum atomic E-state index is 12.4. The summed E-state index contributed by atoms with van der Waals surface area (Å²) in [4.78, 5) is 14.3. The van der Waals surface area contributed by atoms with E-state index in [0.717, 1.165) is 28.6 Å². The molecule has 3 atom stereocenters. The van der Waals surface area contributed by atoms with Crippen LogP contribution in [0.4, 0.5) is 0 Å². The summed E-state index contributed by atoms with van der Waals surface area (Å²) >= 11 is 1.57. The Morgan fingerprint density at radius 1 is 1.14 bits per heavy atom. The van der Waals surface area contributed by atoms with Gasteiger partial charge in [0, 0.05) is 17.0 Å². The number of piperidine rings is 1. The molecule has 1 aromatic carbocycles. The van der Waals surface area contributed by atoms with Crippen molar-refractivity contribution in [1.29, 1.82) is 0 Å². The van der Waals surface area contributed by atoms with Gasteiger partial charge in [0.1, 0.15) is 0 Å². The Hall–Kier alpha value is -1.65. The molecule has 1 amide bonds. The van der Waals surface area contributed by atoms with Crippen molar-refractivity contribution in [2.45, 2.75) is 24.9 Å². The predicted octanol–water partition coefficient (Wildman–Crippen LogP) is 2.90. The van der Waals surface area contributed by atoms with Gasteiger partial charge in [-0.3, -0.25) is 4.79 Å². The SMILES string of the molecule is O=C(NC1CC2CNC1C2)c1ccc(-c2ccccc2)s1. The third-order valence-corrected chi connectivity index (χ3v) is 5.67. The lowest BCUT2D eigenvalue weighted by Gasteiger charge is -2.23. The summed E-state index contributed by atoms with van der Waals surface area (Å²) in [6, 6.07) is 15.0. The van der Waals surface area contributed by atoms with Crippen LogP contribution in [0, 0.1) is 5.92 Å². The van der Waals surface area contributed by atoms with Crippen LogP contribution in [0.25, 0.3) is 10.4 Å². The summed E-state index contributed by atoms with van der Waals surface area (Å²) in [6.45, 7) is 1.12. The first-order valence-electron chi connectivity index (χ1n) is 7.49. The lowest BCUT2D eigenvalue weighted by molar-refractivity contribution is 0.0932. The van der Waals surface area contributed by atoms with Crippen LogP contribution in [-0.2, 0) is 0 Å². The summed E-state index contributed by atoms with van der Waals surface area (Å²) in [5.41, 5.74) is 1.17. The van der Waals surface area contributed by atoms with E-state index < -0.39 is 0 Å². The Balaban J connectivity index is 1.47. The molecule has 0 spiro atoms. The summed E-state index contributed by atoms with van der Waals surface area (Å²) < 4.78 is 0. The molecule has 2 N–H and O–H groups in total. The minimum atomic E-state index is 0.0709. The molecule has 1 saturated carbocycles. The van der Waals surface area contributed by atoms with Crippen LogP contribution >= 0.6 is 11.3 Å². The van der Waals surface area contributed by atoms with Crippen LogP contribution < -0.4 is 10.6 Å². The molecular weight excluding hydrogens is 280 g/mol.